The molecule has 0 aromatic heterocycles. The van der Waals surface area contributed by atoms with Crippen molar-refractivity contribution in [2.75, 3.05) is 17.7 Å². The summed E-state index contributed by atoms with van der Waals surface area (Å²) in [5, 5.41) is 14.7. The molecule has 0 saturated heterocycles. The molecule has 0 fully saturated rings. The first-order chi connectivity index (χ1) is 9.60. The summed E-state index contributed by atoms with van der Waals surface area (Å²) >= 11 is 5.55. The average Bonchev–Trinajstić information content (AvgIpc) is 2.44. The molecule has 0 aliphatic carbocycles. The van der Waals surface area contributed by atoms with Crippen LogP contribution in [0, 0.1) is 25.2 Å². The zero-order valence-corrected chi connectivity index (χ0v) is 12.4. The Balaban J connectivity index is 2.73. The summed E-state index contributed by atoms with van der Waals surface area (Å²) in [6.07, 6.45) is 2.20. The van der Waals surface area contributed by atoms with Gasteiger partial charge in [-0.1, -0.05) is 12.1 Å². The number of amides is 1. The summed E-state index contributed by atoms with van der Waals surface area (Å²) in [6.45, 7) is 4.53. The molecule has 0 bridgehead atoms. The monoisotopic (exact) mass is 291 g/mol. The van der Waals surface area contributed by atoms with E-state index in [2.05, 4.69) is 10.6 Å². The van der Waals surface area contributed by atoms with E-state index in [9.17, 15) is 4.79 Å². The van der Waals surface area contributed by atoms with Crippen LogP contribution in [-0.2, 0) is 4.79 Å². The highest BCUT2D eigenvalue weighted by Crippen LogP contribution is 2.18. The van der Waals surface area contributed by atoms with Crippen LogP contribution in [0.1, 0.15) is 17.5 Å². The molecule has 1 rings (SSSR count). The van der Waals surface area contributed by atoms with Crippen LogP contribution in [0.2, 0.25) is 0 Å². The SMILES string of the molecule is Cc1cccc(NC(=O)/C(C#N)=C\NCCCCl)c1C. The third-order valence-corrected chi connectivity index (χ3v) is 3.19. The molecule has 2 N–H and O–H groups in total. The number of halogens is 1. The summed E-state index contributed by atoms with van der Waals surface area (Å²) < 4.78 is 0. The van der Waals surface area contributed by atoms with E-state index >= 15 is 0 Å². The van der Waals surface area contributed by atoms with Gasteiger partial charge in [-0.3, -0.25) is 4.79 Å². The Bertz CT molecular complexity index is 547. The maximum absolute atomic E-state index is 12.0. The van der Waals surface area contributed by atoms with Crippen molar-refractivity contribution in [2.45, 2.75) is 20.3 Å². The lowest BCUT2D eigenvalue weighted by atomic mass is 10.1. The number of carbonyl (C=O) groups is 1. The van der Waals surface area contributed by atoms with Crippen LogP contribution in [0.15, 0.2) is 30.0 Å². The van der Waals surface area contributed by atoms with Crippen molar-refractivity contribution in [3.8, 4) is 6.07 Å². The number of hydrogen-bond acceptors (Lipinski definition) is 3. The predicted molar refractivity (Wildman–Crippen MR) is 81.6 cm³/mol. The second-order valence-electron chi connectivity index (χ2n) is 4.37. The van der Waals surface area contributed by atoms with E-state index < -0.39 is 5.91 Å². The van der Waals surface area contributed by atoms with Gasteiger partial charge in [0.25, 0.3) is 5.91 Å². The maximum atomic E-state index is 12.0. The predicted octanol–water partition coefficient (Wildman–Crippen LogP) is 2.87. The van der Waals surface area contributed by atoms with E-state index in [0.717, 1.165) is 23.2 Å². The summed E-state index contributed by atoms with van der Waals surface area (Å²) in [4.78, 5) is 12.0. The van der Waals surface area contributed by atoms with E-state index in [1.807, 2.05) is 38.1 Å². The maximum Gasteiger partial charge on any atom is 0.267 e. The van der Waals surface area contributed by atoms with E-state index in [4.69, 9.17) is 16.9 Å². The highest BCUT2D eigenvalue weighted by Gasteiger charge is 2.10. The highest BCUT2D eigenvalue weighted by atomic mass is 35.5. The van der Waals surface area contributed by atoms with Crippen molar-refractivity contribution in [1.82, 2.24) is 5.32 Å². The smallest absolute Gasteiger partial charge is 0.267 e. The van der Waals surface area contributed by atoms with Gasteiger partial charge in [-0.05, 0) is 37.5 Å². The number of aryl methyl sites for hydroxylation is 1. The van der Waals surface area contributed by atoms with Crippen molar-refractivity contribution in [3.63, 3.8) is 0 Å². The lowest BCUT2D eigenvalue weighted by molar-refractivity contribution is -0.112. The van der Waals surface area contributed by atoms with Gasteiger partial charge < -0.3 is 10.6 Å². The molecule has 0 unspecified atom stereocenters. The average molecular weight is 292 g/mol. The van der Waals surface area contributed by atoms with E-state index in [0.29, 0.717) is 12.4 Å². The zero-order valence-electron chi connectivity index (χ0n) is 11.7. The highest BCUT2D eigenvalue weighted by molar-refractivity contribution is 6.17. The number of nitrogens with zero attached hydrogens (tertiary/aromatic N) is 1. The van der Waals surface area contributed by atoms with Crippen LogP contribution in [0.4, 0.5) is 5.69 Å². The minimum Gasteiger partial charge on any atom is -0.390 e. The molecule has 0 spiro atoms. The van der Waals surface area contributed by atoms with Gasteiger partial charge in [-0.15, -0.1) is 11.6 Å². The van der Waals surface area contributed by atoms with Crippen molar-refractivity contribution in [2.24, 2.45) is 0 Å². The molecule has 1 aromatic carbocycles. The number of nitrogens with one attached hydrogen (secondary N) is 2. The standard InChI is InChI=1S/C15H18ClN3O/c1-11-5-3-6-14(12(11)2)19-15(20)13(9-17)10-18-8-4-7-16/h3,5-6,10,18H,4,7-8H2,1-2H3,(H,19,20)/b13-10-. The fraction of sp³-hybridized carbons (Fsp3) is 0.333. The van der Waals surface area contributed by atoms with Gasteiger partial charge in [0.15, 0.2) is 0 Å². The molecule has 20 heavy (non-hydrogen) atoms. The first-order valence-electron chi connectivity index (χ1n) is 6.37. The molecule has 0 atom stereocenters. The van der Waals surface area contributed by atoms with Crippen molar-refractivity contribution < 1.29 is 4.79 Å². The molecule has 0 heterocycles. The van der Waals surface area contributed by atoms with Gasteiger partial charge in [0.2, 0.25) is 0 Å². The van der Waals surface area contributed by atoms with Crippen LogP contribution in [-0.4, -0.2) is 18.3 Å². The number of rotatable bonds is 6. The Hall–Kier alpha value is -1.99. The molecule has 4 nitrogen and oxygen atoms in total. The summed E-state index contributed by atoms with van der Waals surface area (Å²) in [7, 11) is 0. The largest absolute Gasteiger partial charge is 0.390 e. The van der Waals surface area contributed by atoms with Crippen LogP contribution < -0.4 is 10.6 Å². The topological polar surface area (TPSA) is 64.9 Å². The van der Waals surface area contributed by atoms with Crippen LogP contribution in [0.3, 0.4) is 0 Å². The molecular weight excluding hydrogens is 274 g/mol. The van der Waals surface area contributed by atoms with Crippen molar-refractivity contribution in [1.29, 1.82) is 5.26 Å². The van der Waals surface area contributed by atoms with E-state index in [-0.39, 0.29) is 5.57 Å². The second-order valence-corrected chi connectivity index (χ2v) is 4.75. The fourth-order valence-electron chi connectivity index (χ4n) is 1.57. The Morgan fingerprint density at radius 3 is 2.85 bits per heavy atom. The number of anilines is 1. The van der Waals surface area contributed by atoms with Gasteiger partial charge in [-0.2, -0.15) is 5.26 Å². The van der Waals surface area contributed by atoms with Crippen molar-refractivity contribution >= 4 is 23.2 Å². The molecule has 0 aliphatic rings. The van der Waals surface area contributed by atoms with Gasteiger partial charge in [0, 0.05) is 24.3 Å². The first-order valence-corrected chi connectivity index (χ1v) is 6.90. The second kappa shape index (κ2) is 8.23. The lowest BCUT2D eigenvalue weighted by Crippen LogP contribution is -2.18. The van der Waals surface area contributed by atoms with Crippen LogP contribution in [0.25, 0.3) is 0 Å². The number of hydrogen-bond donors (Lipinski definition) is 2. The third-order valence-electron chi connectivity index (χ3n) is 2.92. The van der Waals surface area contributed by atoms with Crippen LogP contribution in [0.5, 0.6) is 0 Å². The van der Waals surface area contributed by atoms with Gasteiger partial charge in [0.1, 0.15) is 11.6 Å². The minimum absolute atomic E-state index is 0.0421. The number of nitriles is 1. The zero-order chi connectivity index (χ0) is 15.0. The molecule has 5 heteroatoms. The third kappa shape index (κ3) is 4.60. The summed E-state index contributed by atoms with van der Waals surface area (Å²) in [5.74, 6) is 0.122. The van der Waals surface area contributed by atoms with Gasteiger partial charge in [0.05, 0.1) is 0 Å². The number of carbonyl (C=O) groups excluding carboxylic acids is 1. The van der Waals surface area contributed by atoms with Gasteiger partial charge in [-0.25, -0.2) is 0 Å². The summed E-state index contributed by atoms with van der Waals surface area (Å²) in [6, 6.07) is 7.54. The lowest BCUT2D eigenvalue weighted by Gasteiger charge is -2.09. The Morgan fingerprint density at radius 1 is 1.45 bits per heavy atom. The van der Waals surface area contributed by atoms with Crippen molar-refractivity contribution in [3.05, 3.63) is 41.1 Å². The molecule has 106 valence electrons. The molecule has 0 aliphatic heterocycles. The molecular formula is C15H18ClN3O. The Kier molecular flexibility index (Phi) is 6.61. The molecule has 1 amide bonds. The Morgan fingerprint density at radius 2 is 2.20 bits per heavy atom. The summed E-state index contributed by atoms with van der Waals surface area (Å²) in [5.41, 5.74) is 2.84. The number of benzene rings is 1. The minimum atomic E-state index is -0.417. The quantitative estimate of drug-likeness (QED) is 0.367. The Labute approximate surface area is 124 Å². The van der Waals surface area contributed by atoms with Crippen LogP contribution >= 0.6 is 11.6 Å². The fourth-order valence-corrected chi connectivity index (χ4v) is 1.70. The number of alkyl halides is 1. The normalized spacial score (nSPS) is 10.8. The van der Waals surface area contributed by atoms with E-state index in [1.165, 1.54) is 6.20 Å². The molecule has 0 saturated carbocycles. The van der Waals surface area contributed by atoms with Gasteiger partial charge >= 0.3 is 0 Å². The first kappa shape index (κ1) is 16.1. The molecule has 0 radical (unpaired) electrons. The van der Waals surface area contributed by atoms with E-state index in [1.54, 1.807) is 0 Å². The molecule has 1 aromatic rings.